The van der Waals surface area contributed by atoms with Gasteiger partial charge in [0.15, 0.2) is 0 Å². The molecule has 0 spiro atoms. The van der Waals surface area contributed by atoms with Gasteiger partial charge < -0.3 is 16.6 Å². The Hall–Kier alpha value is -2.93. The highest BCUT2D eigenvalue weighted by atomic mass is 16.4. The molecule has 0 saturated heterocycles. The van der Waals surface area contributed by atoms with Crippen LogP contribution in [0.3, 0.4) is 0 Å². The average molecular weight is 315 g/mol. The molecule has 0 aliphatic heterocycles. The normalized spacial score (nSPS) is 13.3. The number of rotatable bonds is 5. The van der Waals surface area contributed by atoms with Crippen molar-refractivity contribution in [3.63, 3.8) is 0 Å². The van der Waals surface area contributed by atoms with Crippen molar-refractivity contribution in [3.05, 3.63) is 42.5 Å². The van der Waals surface area contributed by atoms with Gasteiger partial charge in [0.05, 0.1) is 11.7 Å². The van der Waals surface area contributed by atoms with Crippen LogP contribution in [0.15, 0.2) is 42.5 Å². The number of amides is 2. The van der Waals surface area contributed by atoms with E-state index in [0.717, 1.165) is 10.3 Å². The Morgan fingerprint density at radius 3 is 2.26 bits per heavy atom. The zero-order valence-corrected chi connectivity index (χ0v) is 12.5. The fourth-order valence-electron chi connectivity index (χ4n) is 2.38. The quantitative estimate of drug-likeness (QED) is 0.691. The second-order valence-electron chi connectivity index (χ2n) is 5.14. The van der Waals surface area contributed by atoms with Crippen molar-refractivity contribution in [1.29, 1.82) is 0 Å². The van der Waals surface area contributed by atoms with Crippen LogP contribution in [0, 0.1) is 0 Å². The van der Waals surface area contributed by atoms with Crippen LogP contribution >= 0.6 is 0 Å². The summed E-state index contributed by atoms with van der Waals surface area (Å²) in [5.74, 6) is -3.36. The minimum absolute atomic E-state index is 0.275. The standard InChI is InChI=1S/C16H17N3O4/c1-9(17)15(21)19(13(14(18)20)16(22)23)12-8-4-6-10-5-2-3-7-11(10)12/h2-9,13H,17H2,1H3,(H2,18,20)(H,22,23)/t9-,13-/m0/s1. The third-order valence-electron chi connectivity index (χ3n) is 3.41. The van der Waals surface area contributed by atoms with E-state index in [9.17, 15) is 19.5 Å². The summed E-state index contributed by atoms with van der Waals surface area (Å²) in [6.07, 6.45) is 0. The van der Waals surface area contributed by atoms with Crippen LogP contribution in [0.5, 0.6) is 0 Å². The number of hydrogen-bond acceptors (Lipinski definition) is 4. The molecular formula is C16H17N3O4. The van der Waals surface area contributed by atoms with E-state index in [1.165, 1.54) is 6.92 Å². The summed E-state index contributed by atoms with van der Waals surface area (Å²) in [5.41, 5.74) is 11.1. The van der Waals surface area contributed by atoms with Gasteiger partial charge in [-0.25, -0.2) is 4.79 Å². The molecule has 7 heteroatoms. The molecule has 2 amide bonds. The first kappa shape index (κ1) is 16.4. The van der Waals surface area contributed by atoms with Gasteiger partial charge in [0, 0.05) is 5.39 Å². The molecule has 0 saturated carbocycles. The molecule has 23 heavy (non-hydrogen) atoms. The maximum Gasteiger partial charge on any atom is 0.336 e. The van der Waals surface area contributed by atoms with Crippen LogP contribution in [0.2, 0.25) is 0 Å². The van der Waals surface area contributed by atoms with Gasteiger partial charge in [-0.3, -0.25) is 14.5 Å². The summed E-state index contributed by atoms with van der Waals surface area (Å²) in [6.45, 7) is 1.42. The third-order valence-corrected chi connectivity index (χ3v) is 3.41. The van der Waals surface area contributed by atoms with E-state index >= 15 is 0 Å². The van der Waals surface area contributed by atoms with Gasteiger partial charge in [0.2, 0.25) is 11.9 Å². The van der Waals surface area contributed by atoms with Crippen molar-refractivity contribution in [1.82, 2.24) is 0 Å². The molecule has 2 atom stereocenters. The number of carboxylic acids is 1. The number of hydrogen-bond donors (Lipinski definition) is 3. The lowest BCUT2D eigenvalue weighted by atomic mass is 10.1. The second kappa shape index (κ2) is 6.45. The molecule has 5 N–H and O–H groups in total. The van der Waals surface area contributed by atoms with E-state index in [2.05, 4.69) is 0 Å². The Morgan fingerprint density at radius 2 is 1.70 bits per heavy atom. The summed E-state index contributed by atoms with van der Waals surface area (Å²) in [6, 6.07) is 9.31. The lowest BCUT2D eigenvalue weighted by Crippen LogP contribution is -2.56. The van der Waals surface area contributed by atoms with Crippen LogP contribution in [0.4, 0.5) is 5.69 Å². The first-order chi connectivity index (χ1) is 10.8. The van der Waals surface area contributed by atoms with Crippen LogP contribution in [-0.4, -0.2) is 35.0 Å². The molecule has 0 bridgehead atoms. The molecular weight excluding hydrogens is 298 g/mol. The molecule has 0 radical (unpaired) electrons. The van der Waals surface area contributed by atoms with E-state index in [1.54, 1.807) is 24.3 Å². The number of aliphatic carboxylic acids is 1. The van der Waals surface area contributed by atoms with E-state index in [1.807, 2.05) is 18.2 Å². The SMILES string of the molecule is C[C@H](N)C(=O)N(c1cccc2ccccc12)[C@@H](C(N)=O)C(=O)O. The molecule has 0 aromatic heterocycles. The Labute approximate surface area is 132 Å². The maximum absolute atomic E-state index is 12.5. The van der Waals surface area contributed by atoms with Gasteiger partial charge in [0.25, 0.3) is 5.91 Å². The van der Waals surface area contributed by atoms with Crippen molar-refractivity contribution < 1.29 is 19.5 Å². The molecule has 2 rings (SSSR count). The van der Waals surface area contributed by atoms with Crippen LogP contribution in [-0.2, 0) is 14.4 Å². The van der Waals surface area contributed by atoms with Gasteiger partial charge in [-0.2, -0.15) is 0 Å². The van der Waals surface area contributed by atoms with Gasteiger partial charge >= 0.3 is 5.97 Å². The number of primary amides is 1. The molecule has 2 aromatic rings. The van der Waals surface area contributed by atoms with Crippen LogP contribution in [0.25, 0.3) is 10.8 Å². The highest BCUT2D eigenvalue weighted by molar-refractivity contribution is 6.15. The molecule has 7 nitrogen and oxygen atoms in total. The largest absolute Gasteiger partial charge is 0.479 e. The zero-order valence-electron chi connectivity index (χ0n) is 12.5. The fraction of sp³-hybridized carbons (Fsp3) is 0.188. The maximum atomic E-state index is 12.5. The number of fused-ring (bicyclic) bond motifs is 1. The Morgan fingerprint density at radius 1 is 1.09 bits per heavy atom. The van der Waals surface area contributed by atoms with Crippen molar-refractivity contribution in [3.8, 4) is 0 Å². The number of carbonyl (C=O) groups excluding carboxylic acids is 2. The Balaban J connectivity index is 2.72. The monoisotopic (exact) mass is 315 g/mol. The first-order valence-corrected chi connectivity index (χ1v) is 6.93. The molecule has 0 aliphatic rings. The van der Waals surface area contributed by atoms with Gasteiger partial charge in [-0.1, -0.05) is 36.4 Å². The van der Waals surface area contributed by atoms with Crippen molar-refractivity contribution in [2.45, 2.75) is 19.0 Å². The molecule has 0 unspecified atom stereocenters. The highest BCUT2D eigenvalue weighted by Gasteiger charge is 2.37. The number of carbonyl (C=O) groups is 3. The molecule has 0 fully saturated rings. The average Bonchev–Trinajstić information content (AvgIpc) is 2.50. The van der Waals surface area contributed by atoms with Gasteiger partial charge in [-0.15, -0.1) is 0 Å². The summed E-state index contributed by atoms with van der Waals surface area (Å²) >= 11 is 0. The lowest BCUT2D eigenvalue weighted by molar-refractivity contribution is -0.143. The Kier molecular flexibility index (Phi) is 4.61. The number of benzene rings is 2. The topological polar surface area (TPSA) is 127 Å². The summed E-state index contributed by atoms with van der Waals surface area (Å²) in [5, 5.41) is 10.8. The molecule has 0 aliphatic carbocycles. The number of anilines is 1. The minimum atomic E-state index is -1.83. The van der Waals surface area contributed by atoms with Gasteiger partial charge in [0.1, 0.15) is 0 Å². The fourth-order valence-corrected chi connectivity index (χ4v) is 2.38. The number of nitrogens with zero attached hydrogens (tertiary/aromatic N) is 1. The first-order valence-electron chi connectivity index (χ1n) is 6.93. The predicted molar refractivity (Wildman–Crippen MR) is 85.7 cm³/mol. The molecule has 0 heterocycles. The van der Waals surface area contributed by atoms with Crippen LogP contribution in [0.1, 0.15) is 6.92 Å². The summed E-state index contributed by atoms with van der Waals surface area (Å²) in [4.78, 5) is 36.4. The van der Waals surface area contributed by atoms with Crippen LogP contribution < -0.4 is 16.4 Å². The minimum Gasteiger partial charge on any atom is -0.479 e. The summed E-state index contributed by atoms with van der Waals surface area (Å²) in [7, 11) is 0. The smallest absolute Gasteiger partial charge is 0.336 e. The third kappa shape index (κ3) is 3.14. The van der Waals surface area contributed by atoms with E-state index in [0.29, 0.717) is 5.39 Å². The number of carboxylic acid groups (broad SMARTS) is 1. The Bertz CT molecular complexity index is 754. The molecule has 2 aromatic carbocycles. The predicted octanol–water partition coefficient (Wildman–Crippen LogP) is 0.458. The number of nitrogens with two attached hydrogens (primary N) is 2. The summed E-state index contributed by atoms with van der Waals surface area (Å²) < 4.78 is 0. The lowest BCUT2D eigenvalue weighted by Gasteiger charge is -2.29. The van der Waals surface area contributed by atoms with E-state index in [4.69, 9.17) is 11.5 Å². The second-order valence-corrected chi connectivity index (χ2v) is 5.14. The van der Waals surface area contributed by atoms with E-state index < -0.39 is 29.9 Å². The highest BCUT2D eigenvalue weighted by Crippen LogP contribution is 2.28. The van der Waals surface area contributed by atoms with E-state index in [-0.39, 0.29) is 5.69 Å². The van der Waals surface area contributed by atoms with Crippen molar-refractivity contribution in [2.75, 3.05) is 4.90 Å². The zero-order chi connectivity index (χ0) is 17.1. The van der Waals surface area contributed by atoms with Crippen molar-refractivity contribution >= 4 is 34.2 Å². The van der Waals surface area contributed by atoms with Crippen molar-refractivity contribution in [2.24, 2.45) is 11.5 Å². The molecule has 120 valence electrons. The van der Waals surface area contributed by atoms with Gasteiger partial charge in [-0.05, 0) is 18.4 Å².